The Morgan fingerprint density at radius 1 is 1.25 bits per heavy atom. The molecule has 0 aliphatic carbocycles. The van der Waals surface area contributed by atoms with Crippen LogP contribution in [0.2, 0.25) is 0 Å². The molecule has 0 spiro atoms. The molecule has 0 aromatic heterocycles. The molecule has 0 unspecified atom stereocenters. The van der Waals surface area contributed by atoms with Crippen molar-refractivity contribution >= 4 is 0 Å². The standard InChI is InChI=1S/C12H15F3O/c1-3-8-16-9(2)10-6-4-5-7-11(10)12(13,14)15/h4-7,9H,3,8H2,1-2H3/t9-/m0/s1. The minimum atomic E-state index is -4.32. The summed E-state index contributed by atoms with van der Waals surface area (Å²) in [4.78, 5) is 0. The lowest BCUT2D eigenvalue weighted by Gasteiger charge is -2.18. The lowest BCUT2D eigenvalue weighted by atomic mass is 10.0. The highest BCUT2D eigenvalue weighted by atomic mass is 19.4. The number of hydrogen-bond acceptors (Lipinski definition) is 1. The zero-order valence-electron chi connectivity index (χ0n) is 9.34. The molecule has 4 heteroatoms. The third-order valence-electron chi connectivity index (χ3n) is 2.28. The number of rotatable bonds is 4. The van der Waals surface area contributed by atoms with Crippen LogP contribution in [-0.2, 0) is 10.9 Å². The minimum Gasteiger partial charge on any atom is -0.374 e. The molecule has 1 nitrogen and oxygen atoms in total. The Labute approximate surface area is 93.2 Å². The van der Waals surface area contributed by atoms with Crippen molar-refractivity contribution in [3.8, 4) is 0 Å². The van der Waals surface area contributed by atoms with Gasteiger partial charge in [-0.3, -0.25) is 0 Å². The fourth-order valence-corrected chi connectivity index (χ4v) is 1.49. The smallest absolute Gasteiger partial charge is 0.374 e. The summed E-state index contributed by atoms with van der Waals surface area (Å²) in [5.41, 5.74) is -0.415. The first-order valence-electron chi connectivity index (χ1n) is 5.24. The molecule has 1 aromatic rings. The molecule has 0 fully saturated rings. The molecule has 90 valence electrons. The van der Waals surface area contributed by atoms with E-state index in [1.165, 1.54) is 12.1 Å². The van der Waals surface area contributed by atoms with Crippen LogP contribution in [0.4, 0.5) is 13.2 Å². The van der Waals surface area contributed by atoms with Crippen molar-refractivity contribution < 1.29 is 17.9 Å². The lowest BCUT2D eigenvalue weighted by Crippen LogP contribution is -2.12. The van der Waals surface area contributed by atoms with Crippen molar-refractivity contribution in [1.82, 2.24) is 0 Å². The van der Waals surface area contributed by atoms with Gasteiger partial charge < -0.3 is 4.74 Å². The molecule has 0 bridgehead atoms. The van der Waals surface area contributed by atoms with Gasteiger partial charge in [-0.15, -0.1) is 0 Å². The molecule has 0 saturated heterocycles. The van der Waals surface area contributed by atoms with Gasteiger partial charge >= 0.3 is 6.18 Å². The monoisotopic (exact) mass is 232 g/mol. The van der Waals surface area contributed by atoms with Gasteiger partial charge in [0.1, 0.15) is 0 Å². The van der Waals surface area contributed by atoms with Crippen LogP contribution in [0, 0.1) is 0 Å². The highest BCUT2D eigenvalue weighted by Gasteiger charge is 2.34. The summed E-state index contributed by atoms with van der Waals surface area (Å²) in [6.45, 7) is 4.02. The van der Waals surface area contributed by atoms with E-state index in [1.807, 2.05) is 6.92 Å². The van der Waals surface area contributed by atoms with Crippen LogP contribution in [0.5, 0.6) is 0 Å². The van der Waals surface area contributed by atoms with Crippen molar-refractivity contribution in [2.24, 2.45) is 0 Å². The Kier molecular flexibility index (Phi) is 4.35. The maximum absolute atomic E-state index is 12.7. The lowest BCUT2D eigenvalue weighted by molar-refractivity contribution is -0.139. The fraction of sp³-hybridized carbons (Fsp3) is 0.500. The van der Waals surface area contributed by atoms with Crippen LogP contribution < -0.4 is 0 Å². The summed E-state index contributed by atoms with van der Waals surface area (Å²) < 4.78 is 43.3. The molecular formula is C12H15F3O. The van der Waals surface area contributed by atoms with Crippen molar-refractivity contribution in [3.63, 3.8) is 0 Å². The molecule has 0 N–H and O–H groups in total. The second kappa shape index (κ2) is 5.34. The van der Waals surface area contributed by atoms with Crippen LogP contribution >= 0.6 is 0 Å². The average molecular weight is 232 g/mol. The SMILES string of the molecule is CCCO[C@@H](C)c1ccccc1C(F)(F)F. The molecule has 1 atom stereocenters. The topological polar surface area (TPSA) is 9.23 Å². The summed E-state index contributed by atoms with van der Waals surface area (Å²) in [7, 11) is 0. The first kappa shape index (κ1) is 13.0. The van der Waals surface area contributed by atoms with E-state index in [2.05, 4.69) is 0 Å². The number of hydrogen-bond donors (Lipinski definition) is 0. The predicted molar refractivity (Wildman–Crippen MR) is 56.1 cm³/mol. The Morgan fingerprint density at radius 2 is 1.88 bits per heavy atom. The maximum atomic E-state index is 12.7. The van der Waals surface area contributed by atoms with E-state index in [0.717, 1.165) is 12.5 Å². The number of halogens is 3. The summed E-state index contributed by atoms with van der Waals surface area (Å²) >= 11 is 0. The van der Waals surface area contributed by atoms with E-state index in [0.29, 0.717) is 6.61 Å². The fourth-order valence-electron chi connectivity index (χ4n) is 1.49. The number of alkyl halides is 3. The van der Waals surface area contributed by atoms with Crippen LogP contribution in [0.15, 0.2) is 24.3 Å². The molecule has 0 radical (unpaired) electrons. The third kappa shape index (κ3) is 3.23. The zero-order valence-corrected chi connectivity index (χ0v) is 9.34. The summed E-state index contributed by atoms with van der Waals surface area (Å²) in [6, 6.07) is 5.53. The van der Waals surface area contributed by atoms with Crippen molar-refractivity contribution in [2.45, 2.75) is 32.5 Å². The van der Waals surface area contributed by atoms with Gasteiger partial charge in [-0.05, 0) is 25.0 Å². The molecular weight excluding hydrogens is 217 g/mol. The molecule has 0 aliphatic rings. The second-order valence-corrected chi connectivity index (χ2v) is 3.60. The van der Waals surface area contributed by atoms with Gasteiger partial charge in [-0.1, -0.05) is 25.1 Å². The molecule has 0 amide bonds. The van der Waals surface area contributed by atoms with Crippen molar-refractivity contribution in [2.75, 3.05) is 6.61 Å². The Bertz CT molecular complexity index is 333. The van der Waals surface area contributed by atoms with E-state index < -0.39 is 17.8 Å². The van der Waals surface area contributed by atoms with Gasteiger partial charge in [0, 0.05) is 6.61 Å². The zero-order chi connectivity index (χ0) is 12.2. The Morgan fingerprint density at radius 3 is 2.44 bits per heavy atom. The maximum Gasteiger partial charge on any atom is 0.416 e. The molecule has 1 aromatic carbocycles. The highest BCUT2D eigenvalue weighted by Crippen LogP contribution is 2.35. The molecule has 0 saturated carbocycles. The van der Waals surface area contributed by atoms with Gasteiger partial charge in [0.25, 0.3) is 0 Å². The number of ether oxygens (including phenoxy) is 1. The normalized spacial score (nSPS) is 13.8. The second-order valence-electron chi connectivity index (χ2n) is 3.60. The summed E-state index contributed by atoms with van der Waals surface area (Å²) in [5.74, 6) is 0. The van der Waals surface area contributed by atoms with Gasteiger partial charge in [-0.2, -0.15) is 13.2 Å². The largest absolute Gasteiger partial charge is 0.416 e. The van der Waals surface area contributed by atoms with Gasteiger partial charge in [0.2, 0.25) is 0 Å². The molecule has 1 rings (SSSR count). The molecule has 0 aliphatic heterocycles. The predicted octanol–water partition coefficient (Wildman–Crippen LogP) is 4.19. The van der Waals surface area contributed by atoms with Crippen LogP contribution in [0.3, 0.4) is 0 Å². The molecule has 0 heterocycles. The van der Waals surface area contributed by atoms with Crippen molar-refractivity contribution in [3.05, 3.63) is 35.4 Å². The quantitative estimate of drug-likeness (QED) is 0.756. The van der Waals surface area contributed by atoms with E-state index in [1.54, 1.807) is 13.0 Å². The Balaban J connectivity index is 2.94. The van der Waals surface area contributed by atoms with Crippen LogP contribution in [0.1, 0.15) is 37.5 Å². The van der Waals surface area contributed by atoms with Crippen LogP contribution in [-0.4, -0.2) is 6.61 Å². The summed E-state index contributed by atoms with van der Waals surface area (Å²) in [5, 5.41) is 0. The highest BCUT2D eigenvalue weighted by molar-refractivity contribution is 5.31. The summed E-state index contributed by atoms with van der Waals surface area (Å²) in [6.07, 6.45) is -4.06. The van der Waals surface area contributed by atoms with E-state index in [-0.39, 0.29) is 5.56 Å². The number of benzene rings is 1. The van der Waals surface area contributed by atoms with Crippen LogP contribution in [0.25, 0.3) is 0 Å². The van der Waals surface area contributed by atoms with E-state index >= 15 is 0 Å². The van der Waals surface area contributed by atoms with Crippen molar-refractivity contribution in [1.29, 1.82) is 0 Å². The molecule has 16 heavy (non-hydrogen) atoms. The minimum absolute atomic E-state index is 0.198. The van der Waals surface area contributed by atoms with E-state index in [4.69, 9.17) is 4.74 Å². The van der Waals surface area contributed by atoms with E-state index in [9.17, 15) is 13.2 Å². The average Bonchev–Trinajstić information content (AvgIpc) is 2.24. The first-order valence-corrected chi connectivity index (χ1v) is 5.24. The van der Waals surface area contributed by atoms with Gasteiger partial charge in [-0.25, -0.2) is 0 Å². The Hall–Kier alpha value is -1.03. The third-order valence-corrected chi connectivity index (χ3v) is 2.28. The van der Waals surface area contributed by atoms with Gasteiger partial charge in [0.15, 0.2) is 0 Å². The first-order chi connectivity index (χ1) is 7.46. The van der Waals surface area contributed by atoms with Gasteiger partial charge in [0.05, 0.1) is 11.7 Å².